The average Bonchev–Trinajstić information content (AvgIpc) is 3.29. The van der Waals surface area contributed by atoms with Gasteiger partial charge in [0.25, 0.3) is 17.7 Å². The van der Waals surface area contributed by atoms with Gasteiger partial charge in [0.2, 0.25) is 6.43 Å². The highest BCUT2D eigenvalue weighted by Gasteiger charge is 2.45. The highest BCUT2D eigenvalue weighted by Crippen LogP contribution is 2.44. The Hall–Kier alpha value is -2.98. The highest BCUT2D eigenvalue weighted by molar-refractivity contribution is 6.04. The fraction of sp³-hybridized carbons (Fsp3) is 0.444. The molecule has 3 rings (SSSR count). The van der Waals surface area contributed by atoms with Gasteiger partial charge in [-0.3, -0.25) is 19.3 Å². The number of amides is 2. The molecule has 1 saturated carbocycles. The van der Waals surface area contributed by atoms with Crippen LogP contribution in [0.15, 0.2) is 18.3 Å². The minimum Gasteiger partial charge on any atom is -0.364 e. The van der Waals surface area contributed by atoms with Crippen molar-refractivity contribution in [3.05, 3.63) is 41.0 Å². The van der Waals surface area contributed by atoms with Gasteiger partial charge in [0.15, 0.2) is 0 Å². The third-order valence-electron chi connectivity index (χ3n) is 4.80. The van der Waals surface area contributed by atoms with Gasteiger partial charge in [-0.15, -0.1) is 0 Å². The molecule has 2 heterocycles. The molecule has 0 aromatic carbocycles. The van der Waals surface area contributed by atoms with Crippen molar-refractivity contribution < 1.29 is 27.2 Å². The molecule has 11 heteroatoms. The molecular formula is C18H19F4N5O2. The number of hydrogen-bond acceptors (Lipinski definition) is 4. The molecule has 2 aromatic rings. The van der Waals surface area contributed by atoms with E-state index in [-0.39, 0.29) is 35.6 Å². The summed E-state index contributed by atoms with van der Waals surface area (Å²) in [5, 5.41) is 6.32. The number of carbonyl (C=O) groups excluding carboxylic acids is 2. The monoisotopic (exact) mass is 413 g/mol. The van der Waals surface area contributed by atoms with Crippen molar-refractivity contribution in [1.29, 1.82) is 0 Å². The molecule has 3 N–H and O–H groups in total. The fourth-order valence-corrected chi connectivity index (χ4v) is 3.23. The zero-order valence-electron chi connectivity index (χ0n) is 15.6. The van der Waals surface area contributed by atoms with Crippen LogP contribution in [-0.2, 0) is 12.5 Å². The number of carbonyl (C=O) groups is 2. The Morgan fingerprint density at radius 2 is 2.10 bits per heavy atom. The summed E-state index contributed by atoms with van der Waals surface area (Å²) in [7, 11) is 0. The van der Waals surface area contributed by atoms with Crippen molar-refractivity contribution in [2.24, 2.45) is 17.6 Å². The number of primary amides is 1. The van der Waals surface area contributed by atoms with Crippen LogP contribution in [0.3, 0.4) is 0 Å². The van der Waals surface area contributed by atoms with E-state index in [1.807, 2.05) is 0 Å². The zero-order valence-corrected chi connectivity index (χ0v) is 15.6. The maximum Gasteiger partial charge on any atom is 0.289 e. The van der Waals surface area contributed by atoms with Crippen molar-refractivity contribution in [2.45, 2.75) is 39.2 Å². The number of anilines is 1. The number of aromatic nitrogens is 3. The molecule has 2 amide bonds. The maximum absolute atomic E-state index is 13.9. The van der Waals surface area contributed by atoms with Crippen LogP contribution >= 0.6 is 0 Å². The van der Waals surface area contributed by atoms with Crippen LogP contribution in [0.2, 0.25) is 0 Å². The Kier molecular flexibility index (Phi) is 5.33. The molecule has 0 aliphatic heterocycles. The predicted octanol–water partition coefficient (Wildman–Crippen LogP) is 2.95. The van der Waals surface area contributed by atoms with E-state index in [1.165, 1.54) is 25.3 Å². The van der Waals surface area contributed by atoms with Gasteiger partial charge in [-0.25, -0.2) is 8.78 Å². The van der Waals surface area contributed by atoms with Gasteiger partial charge >= 0.3 is 0 Å². The van der Waals surface area contributed by atoms with E-state index >= 15 is 0 Å². The molecule has 2 aromatic heterocycles. The molecule has 0 bridgehead atoms. The van der Waals surface area contributed by atoms with E-state index in [0.717, 1.165) is 4.68 Å². The number of halogens is 4. The molecule has 1 aliphatic rings. The lowest BCUT2D eigenvalue weighted by Crippen LogP contribution is -2.20. The predicted molar refractivity (Wildman–Crippen MR) is 94.8 cm³/mol. The summed E-state index contributed by atoms with van der Waals surface area (Å²) in [5.74, 6) is -6.16. The Balaban J connectivity index is 1.92. The highest BCUT2D eigenvalue weighted by atomic mass is 19.3. The molecular weight excluding hydrogens is 394 g/mol. The Labute approximate surface area is 163 Å². The van der Waals surface area contributed by atoms with Crippen molar-refractivity contribution >= 4 is 17.5 Å². The van der Waals surface area contributed by atoms with Gasteiger partial charge in [-0.05, 0) is 31.4 Å². The smallest absolute Gasteiger partial charge is 0.289 e. The van der Waals surface area contributed by atoms with Crippen molar-refractivity contribution in [3.8, 4) is 0 Å². The van der Waals surface area contributed by atoms with E-state index in [4.69, 9.17) is 5.73 Å². The second-order valence-corrected chi connectivity index (χ2v) is 7.13. The number of alkyl halides is 4. The topological polar surface area (TPSA) is 103 Å². The lowest BCUT2D eigenvalue weighted by Gasteiger charge is -2.10. The Bertz CT molecular complexity index is 954. The average molecular weight is 413 g/mol. The first-order chi connectivity index (χ1) is 13.5. The molecule has 0 saturated heterocycles. The number of rotatable bonds is 7. The van der Waals surface area contributed by atoms with Gasteiger partial charge in [-0.1, -0.05) is 0 Å². The van der Waals surface area contributed by atoms with Gasteiger partial charge < -0.3 is 11.1 Å². The quantitative estimate of drug-likeness (QED) is 0.681. The van der Waals surface area contributed by atoms with Gasteiger partial charge in [0, 0.05) is 36.8 Å². The number of nitrogens with one attached hydrogen (secondary N) is 1. The van der Waals surface area contributed by atoms with Crippen molar-refractivity contribution in [1.82, 2.24) is 14.8 Å². The first-order valence-electron chi connectivity index (χ1n) is 8.80. The Morgan fingerprint density at radius 1 is 1.41 bits per heavy atom. The number of pyridine rings is 1. The van der Waals surface area contributed by atoms with Crippen LogP contribution in [0, 0.1) is 18.8 Å². The van der Waals surface area contributed by atoms with Crippen molar-refractivity contribution in [2.75, 3.05) is 5.32 Å². The standard InChI is InChI=1S/C18H19F4N5O2/c1-8-13(17(29)25-10-3-4-24-12(6-10)16(23)28)27(26-14(8)18(2,21)22)7-9-5-11(9)15(19)20/h3-4,6,9,11,15H,5,7H2,1-2H3,(H2,23,28)(H,24,25,29)/t9-,11?/m0/s1. The van der Waals surface area contributed by atoms with Crippen LogP contribution in [0.25, 0.3) is 0 Å². The summed E-state index contributed by atoms with van der Waals surface area (Å²) in [6, 6.07) is 2.63. The summed E-state index contributed by atoms with van der Waals surface area (Å²) in [4.78, 5) is 27.8. The van der Waals surface area contributed by atoms with Crippen LogP contribution in [0.4, 0.5) is 23.2 Å². The SMILES string of the molecule is Cc1c(C(C)(F)F)nn(C[C@@H]2CC2C(F)F)c1C(=O)Nc1ccnc(C(N)=O)c1. The summed E-state index contributed by atoms with van der Waals surface area (Å²) < 4.78 is 54.5. The molecule has 1 fully saturated rings. The molecule has 1 aliphatic carbocycles. The molecule has 1 unspecified atom stereocenters. The Morgan fingerprint density at radius 3 is 2.66 bits per heavy atom. The number of hydrogen-bond donors (Lipinski definition) is 2. The van der Waals surface area contributed by atoms with E-state index in [9.17, 15) is 27.2 Å². The first-order valence-corrected chi connectivity index (χ1v) is 8.80. The van der Waals surface area contributed by atoms with Gasteiger partial charge in [0.1, 0.15) is 17.1 Å². The van der Waals surface area contributed by atoms with E-state index < -0.39 is 41.7 Å². The van der Waals surface area contributed by atoms with Crippen LogP contribution < -0.4 is 11.1 Å². The summed E-state index contributed by atoms with van der Waals surface area (Å²) >= 11 is 0. The molecule has 2 atom stereocenters. The van der Waals surface area contributed by atoms with Crippen molar-refractivity contribution in [3.63, 3.8) is 0 Å². The van der Waals surface area contributed by atoms with Crippen LogP contribution in [0.1, 0.15) is 45.6 Å². The maximum atomic E-state index is 13.9. The molecule has 156 valence electrons. The third kappa shape index (κ3) is 4.38. The molecule has 0 spiro atoms. The fourth-order valence-electron chi connectivity index (χ4n) is 3.23. The molecule has 29 heavy (non-hydrogen) atoms. The summed E-state index contributed by atoms with van der Waals surface area (Å²) in [6.07, 6.45) is -1.02. The normalized spacial score (nSPS) is 18.7. The second-order valence-electron chi connectivity index (χ2n) is 7.13. The van der Waals surface area contributed by atoms with Crippen LogP contribution in [0.5, 0.6) is 0 Å². The number of nitrogens with zero attached hydrogens (tertiary/aromatic N) is 3. The summed E-state index contributed by atoms with van der Waals surface area (Å²) in [5.41, 5.74) is 4.44. The van der Waals surface area contributed by atoms with Crippen LogP contribution in [-0.4, -0.2) is 33.0 Å². The number of nitrogens with two attached hydrogens (primary N) is 1. The van der Waals surface area contributed by atoms with Gasteiger partial charge in [-0.2, -0.15) is 13.9 Å². The lowest BCUT2D eigenvalue weighted by atomic mass is 10.1. The minimum atomic E-state index is -3.31. The molecule has 7 nitrogen and oxygen atoms in total. The third-order valence-corrected chi connectivity index (χ3v) is 4.80. The summed E-state index contributed by atoms with van der Waals surface area (Å²) in [6.45, 7) is 1.90. The lowest BCUT2D eigenvalue weighted by molar-refractivity contribution is 0.0113. The minimum absolute atomic E-state index is 0.0478. The van der Waals surface area contributed by atoms with E-state index in [2.05, 4.69) is 15.4 Å². The first kappa shape index (κ1) is 20.7. The largest absolute Gasteiger partial charge is 0.364 e. The second kappa shape index (κ2) is 7.45. The molecule has 0 radical (unpaired) electrons. The van der Waals surface area contributed by atoms with Gasteiger partial charge in [0.05, 0.1) is 0 Å². The van der Waals surface area contributed by atoms with E-state index in [1.54, 1.807) is 0 Å². The van der Waals surface area contributed by atoms with E-state index in [0.29, 0.717) is 6.92 Å². The zero-order chi connectivity index (χ0) is 21.5.